The number of hydrogen-bond donors (Lipinski definition) is 12. The van der Waals surface area contributed by atoms with Gasteiger partial charge in [-0.05, 0) is 85.0 Å². The summed E-state index contributed by atoms with van der Waals surface area (Å²) in [5, 5.41) is 87.5. The maximum absolute atomic E-state index is 13.6. The predicted molar refractivity (Wildman–Crippen MR) is 270 cm³/mol. The van der Waals surface area contributed by atoms with Crippen molar-refractivity contribution in [2.24, 2.45) is 11.1 Å². The zero-order valence-corrected chi connectivity index (χ0v) is 46.0. The summed E-state index contributed by atoms with van der Waals surface area (Å²) in [5.41, 5.74) is 10.4. The standard InChI is InChI=1S/C50H82N3O23P/c1-27(2)13-12-15-28(3)16-17-30(5)18-21-48(7,8)20-11-10-14-29(4)19-22-68-34(44(61)62)25-71-77(66,67)76-46-39(41(75-47(52)63)49(9,64)42(74-46)43(51)60)73-45-35(53-31(6)55)38(58)36(56)33(72-45)24-70-50(65)26-69-32(23-54)37(57)40(50)59/h11,13,16,19-20,32-42,45-46,54,56-59,64-65H,5,10,12,14-15,17-18,21-26H2,1-4,6-9H3,(H2,51,60)(H2,52,63)(H,53,55)(H,61,62)(H,66,67)/p+1. The largest absolute Gasteiger partial charge is 0.479 e. The van der Waals surface area contributed by atoms with E-state index in [0.717, 1.165) is 57.1 Å². The smallest absolute Gasteiger partial charge is 0.474 e. The van der Waals surface area contributed by atoms with Crippen LogP contribution in [0, 0.1) is 5.41 Å². The van der Waals surface area contributed by atoms with Crippen molar-refractivity contribution in [3.8, 4) is 0 Å². The van der Waals surface area contributed by atoms with Gasteiger partial charge in [0.05, 0.1) is 26.4 Å². The number of carbonyl (C=O) groups is 4. The van der Waals surface area contributed by atoms with Crippen LogP contribution in [0.3, 0.4) is 0 Å². The number of carboxylic acids is 1. The van der Waals surface area contributed by atoms with E-state index in [0.29, 0.717) is 12.8 Å². The fourth-order valence-electron chi connectivity index (χ4n) is 8.36. The highest BCUT2D eigenvalue weighted by Gasteiger charge is 2.62. The summed E-state index contributed by atoms with van der Waals surface area (Å²) in [6.45, 7) is 14.7. The molecule has 3 heterocycles. The van der Waals surface area contributed by atoms with Crippen molar-refractivity contribution < 1.29 is 117 Å². The van der Waals surface area contributed by atoms with Crippen LogP contribution in [0.25, 0.3) is 0 Å². The van der Waals surface area contributed by atoms with E-state index in [1.54, 1.807) is 6.08 Å². The summed E-state index contributed by atoms with van der Waals surface area (Å²) in [6.07, 6.45) is -9.71. The Hall–Kier alpha value is -3.87. The van der Waals surface area contributed by atoms with Crippen LogP contribution < -0.4 is 16.8 Å². The van der Waals surface area contributed by atoms with Crippen LogP contribution in [0.2, 0.25) is 0 Å². The third kappa shape index (κ3) is 20.9. The Morgan fingerprint density at radius 1 is 0.935 bits per heavy atom. The summed E-state index contributed by atoms with van der Waals surface area (Å²) < 4.78 is 62.4. The van der Waals surface area contributed by atoms with E-state index >= 15 is 0 Å². The first kappa shape index (κ1) is 67.4. The van der Waals surface area contributed by atoms with E-state index in [9.17, 15) is 69.5 Å². The number of aliphatic hydroxyl groups is 7. The first-order valence-corrected chi connectivity index (χ1v) is 26.6. The van der Waals surface area contributed by atoms with Crippen molar-refractivity contribution in [1.82, 2.24) is 5.32 Å². The average Bonchev–Trinajstić information content (AvgIpc) is 3.32. The molecule has 3 fully saturated rings. The molecule has 0 aromatic rings. The summed E-state index contributed by atoms with van der Waals surface area (Å²) in [4.78, 5) is 60.7. The van der Waals surface area contributed by atoms with Gasteiger partial charge in [0, 0.05) is 6.92 Å². The quantitative estimate of drug-likeness (QED) is 0.0259. The first-order valence-electron chi connectivity index (χ1n) is 25.1. The number of aliphatic hydroxyl groups excluding tert-OH is 5. The number of phosphoric ester groups is 1. The van der Waals surface area contributed by atoms with Crippen molar-refractivity contribution >= 4 is 31.7 Å². The summed E-state index contributed by atoms with van der Waals surface area (Å²) in [7, 11) is -5.62. The number of quaternary nitrogens is 1. The zero-order chi connectivity index (χ0) is 58.2. The van der Waals surface area contributed by atoms with Crippen LogP contribution in [-0.2, 0) is 61.2 Å². The Balaban J connectivity index is 1.75. The number of aliphatic carboxylic acids is 1. The molecule has 3 saturated heterocycles. The minimum absolute atomic E-state index is 0.0872. The number of ether oxygens (including phenoxy) is 7. The molecule has 0 bridgehead atoms. The lowest BCUT2D eigenvalue weighted by Crippen LogP contribution is -2.76. The number of primary amides is 1. The van der Waals surface area contributed by atoms with Crippen molar-refractivity contribution in [3.63, 3.8) is 0 Å². The van der Waals surface area contributed by atoms with E-state index in [2.05, 4.69) is 76.6 Å². The lowest BCUT2D eigenvalue weighted by molar-refractivity contribution is -0.380. The number of allylic oxidation sites excluding steroid dienone is 8. The molecule has 77 heavy (non-hydrogen) atoms. The highest BCUT2D eigenvalue weighted by Crippen LogP contribution is 2.49. The minimum Gasteiger partial charge on any atom is -0.479 e. The molecule has 26 nitrogen and oxygen atoms in total. The lowest BCUT2D eigenvalue weighted by Gasteiger charge is -2.50. The van der Waals surface area contributed by atoms with Crippen LogP contribution in [0.1, 0.15) is 100 Å². The maximum atomic E-state index is 13.6. The normalized spacial score (nSPS) is 32.5. The molecule has 0 saturated carbocycles. The van der Waals surface area contributed by atoms with Gasteiger partial charge in [-0.15, -0.1) is 0 Å². The second kappa shape index (κ2) is 30.1. The molecule has 16 unspecified atom stereocenters. The topological polar surface area (TPSA) is 416 Å². The van der Waals surface area contributed by atoms with E-state index in [-0.39, 0.29) is 12.0 Å². The second-order valence-corrected chi connectivity index (χ2v) is 22.1. The molecule has 0 aromatic heterocycles. The number of nitrogens with one attached hydrogen (secondary N) is 1. The molecule has 0 aliphatic carbocycles. The number of amides is 3. The Kier molecular flexibility index (Phi) is 26.3. The van der Waals surface area contributed by atoms with Crippen LogP contribution in [-0.4, -0.2) is 194 Å². The van der Waals surface area contributed by atoms with Crippen LogP contribution in [0.15, 0.2) is 59.3 Å². The third-order valence-corrected chi connectivity index (χ3v) is 14.0. The van der Waals surface area contributed by atoms with Crippen molar-refractivity contribution in [2.75, 3.05) is 33.0 Å². The Labute approximate surface area is 448 Å². The fourth-order valence-corrected chi connectivity index (χ4v) is 9.18. The van der Waals surface area contributed by atoms with E-state index in [1.807, 2.05) is 6.92 Å². The van der Waals surface area contributed by atoms with Crippen LogP contribution in [0.5, 0.6) is 0 Å². The molecule has 0 spiro atoms. The molecule has 440 valence electrons. The molecule has 16 atom stereocenters. The number of carboxylic acid groups (broad SMARTS) is 1. The Morgan fingerprint density at radius 3 is 2.18 bits per heavy atom. The average molecular weight is 1130 g/mol. The van der Waals surface area contributed by atoms with Crippen LogP contribution in [0.4, 0.5) is 4.79 Å². The first-order chi connectivity index (χ1) is 35.7. The molecule has 15 N–H and O–H groups in total. The van der Waals surface area contributed by atoms with E-state index in [1.165, 1.54) is 11.1 Å². The predicted octanol–water partition coefficient (Wildman–Crippen LogP) is 0.181. The zero-order valence-electron chi connectivity index (χ0n) is 45.1. The number of hydrogen-bond acceptors (Lipinski definition) is 21. The highest BCUT2D eigenvalue weighted by atomic mass is 31.2. The maximum Gasteiger partial charge on any atom is 0.474 e. The number of carbonyl (C=O) groups excluding carboxylic acids is 3. The lowest BCUT2D eigenvalue weighted by atomic mass is 9.85. The molecule has 0 aromatic carbocycles. The van der Waals surface area contributed by atoms with Gasteiger partial charge in [-0.2, -0.15) is 0 Å². The second-order valence-electron chi connectivity index (χ2n) is 20.7. The highest BCUT2D eigenvalue weighted by molar-refractivity contribution is 7.47. The van der Waals surface area contributed by atoms with Gasteiger partial charge in [0.2, 0.25) is 17.8 Å². The molecule has 27 heteroatoms. The van der Waals surface area contributed by atoms with Gasteiger partial charge in [0.15, 0.2) is 30.9 Å². The SMILES string of the molecule is C=C(CC=C(C)CCC=C(C)C)CCC(C)(C)C=CCCC(C)=CCOC(COP(=O)(O)OC1OC(C([NH3+])=O)C(C)(O)C(OC(N)=O)C1OC1OC(COC2(O)COC(CO)C(O)C2O)C(O)C(O)C1NC(C)=O)C(=O)O. The monoisotopic (exact) mass is 1120 g/mol. The molecular formula is C50H83N3O23P+. The van der Waals surface area contributed by atoms with Crippen molar-refractivity contribution in [1.29, 1.82) is 0 Å². The summed E-state index contributed by atoms with van der Waals surface area (Å²) in [6, 6.07) is -1.82. The van der Waals surface area contributed by atoms with Crippen LogP contribution >= 0.6 is 7.82 Å². The van der Waals surface area contributed by atoms with E-state index in [4.69, 9.17) is 47.9 Å². The molecular weight excluding hydrogens is 1040 g/mol. The van der Waals surface area contributed by atoms with Crippen molar-refractivity contribution in [2.45, 2.75) is 191 Å². The van der Waals surface area contributed by atoms with Gasteiger partial charge in [-0.3, -0.25) is 19.6 Å². The number of rotatable bonds is 30. The molecule has 3 aliphatic rings. The van der Waals surface area contributed by atoms with Gasteiger partial charge in [0.1, 0.15) is 54.9 Å². The van der Waals surface area contributed by atoms with Crippen molar-refractivity contribution in [3.05, 3.63) is 59.3 Å². The molecule has 3 amide bonds. The molecule has 0 radical (unpaired) electrons. The molecule has 3 rings (SSSR count). The fraction of sp³-hybridized carbons (Fsp3) is 0.720. The Bertz CT molecular complexity index is 2170. The van der Waals surface area contributed by atoms with Gasteiger partial charge < -0.3 is 90.0 Å². The van der Waals surface area contributed by atoms with Gasteiger partial charge in [-0.1, -0.05) is 73.1 Å². The number of phosphoric acid groups is 1. The van der Waals surface area contributed by atoms with Gasteiger partial charge in [-0.25, -0.2) is 18.9 Å². The summed E-state index contributed by atoms with van der Waals surface area (Å²) in [5.74, 6) is -6.39. The molecule has 3 aliphatic heterocycles. The van der Waals surface area contributed by atoms with Gasteiger partial charge in [0.25, 0.3) is 0 Å². The van der Waals surface area contributed by atoms with E-state index < -0.39 is 149 Å². The summed E-state index contributed by atoms with van der Waals surface area (Å²) >= 11 is 0. The third-order valence-electron chi connectivity index (χ3n) is 13.0. The minimum atomic E-state index is -5.62. The number of nitrogens with two attached hydrogens (primary N) is 1. The van der Waals surface area contributed by atoms with Gasteiger partial charge >= 0.3 is 25.8 Å². The Morgan fingerprint density at radius 2 is 1.58 bits per heavy atom.